The van der Waals surface area contributed by atoms with E-state index in [0.29, 0.717) is 36.5 Å². The number of benzene rings is 3. The molecule has 4 rings (SSSR count). The molecule has 0 radical (unpaired) electrons. The first-order valence-electron chi connectivity index (χ1n) is 10.4. The molecule has 4 N–H and O–H groups in total. The standard InChI is InChI=1S/C26H24N4O2/c27-24-16-23(13-14-28-24)30-26(32)21-10-6-19(7-11-21)17-29-25(31)12-8-18-5-9-20-3-1-2-4-22(20)15-18/h1-7,9-11,13-16H,8,12,17H2,(H,29,31)(H3,27,28,30,32). The molecule has 6 nitrogen and oxygen atoms in total. The van der Waals surface area contributed by atoms with Crippen LogP contribution in [-0.2, 0) is 17.8 Å². The minimum atomic E-state index is -0.235. The van der Waals surface area contributed by atoms with Crippen molar-refractivity contribution in [2.45, 2.75) is 19.4 Å². The first-order valence-corrected chi connectivity index (χ1v) is 10.4. The summed E-state index contributed by atoms with van der Waals surface area (Å²) in [7, 11) is 0. The van der Waals surface area contributed by atoms with Gasteiger partial charge in [0, 0.05) is 36.5 Å². The Morgan fingerprint density at radius 3 is 2.38 bits per heavy atom. The predicted molar refractivity (Wildman–Crippen MR) is 127 cm³/mol. The van der Waals surface area contributed by atoms with Crippen LogP contribution in [0.2, 0.25) is 0 Å². The van der Waals surface area contributed by atoms with E-state index in [2.05, 4.69) is 45.9 Å². The molecule has 3 aromatic carbocycles. The van der Waals surface area contributed by atoms with E-state index < -0.39 is 0 Å². The third-order valence-electron chi connectivity index (χ3n) is 5.20. The van der Waals surface area contributed by atoms with Crippen molar-refractivity contribution >= 4 is 34.1 Å². The number of nitrogens with one attached hydrogen (secondary N) is 2. The van der Waals surface area contributed by atoms with Crippen LogP contribution in [0.4, 0.5) is 11.5 Å². The van der Waals surface area contributed by atoms with Crippen LogP contribution in [0.15, 0.2) is 85.1 Å². The SMILES string of the molecule is Nc1cc(NC(=O)c2ccc(CNC(=O)CCc3ccc4ccccc4c3)cc2)ccn1. The smallest absolute Gasteiger partial charge is 0.255 e. The molecule has 0 saturated heterocycles. The van der Waals surface area contributed by atoms with Gasteiger partial charge in [-0.05, 0) is 46.5 Å². The lowest BCUT2D eigenvalue weighted by Crippen LogP contribution is -2.23. The molecule has 0 bridgehead atoms. The zero-order chi connectivity index (χ0) is 22.3. The van der Waals surface area contributed by atoms with Crippen LogP contribution < -0.4 is 16.4 Å². The van der Waals surface area contributed by atoms with Crippen LogP contribution >= 0.6 is 0 Å². The average molecular weight is 425 g/mol. The van der Waals surface area contributed by atoms with E-state index >= 15 is 0 Å². The summed E-state index contributed by atoms with van der Waals surface area (Å²) in [6.45, 7) is 0.416. The van der Waals surface area contributed by atoms with Crippen molar-refractivity contribution in [1.29, 1.82) is 0 Å². The topological polar surface area (TPSA) is 97.1 Å². The number of nitrogen functional groups attached to an aromatic ring is 1. The summed E-state index contributed by atoms with van der Waals surface area (Å²) in [5, 5.41) is 8.10. The summed E-state index contributed by atoms with van der Waals surface area (Å²) < 4.78 is 0. The number of fused-ring (bicyclic) bond motifs is 1. The molecule has 1 heterocycles. The highest BCUT2D eigenvalue weighted by atomic mass is 16.2. The van der Waals surface area contributed by atoms with Crippen molar-refractivity contribution in [3.63, 3.8) is 0 Å². The molecule has 2 amide bonds. The van der Waals surface area contributed by atoms with E-state index in [1.165, 1.54) is 17.0 Å². The highest BCUT2D eigenvalue weighted by molar-refractivity contribution is 6.04. The van der Waals surface area contributed by atoms with Gasteiger partial charge in [-0.1, -0.05) is 54.6 Å². The molecule has 160 valence electrons. The second-order valence-corrected chi connectivity index (χ2v) is 7.58. The summed E-state index contributed by atoms with van der Waals surface area (Å²) in [5.41, 5.74) is 8.81. The maximum absolute atomic E-state index is 12.4. The Morgan fingerprint density at radius 1 is 0.844 bits per heavy atom. The van der Waals surface area contributed by atoms with Gasteiger partial charge in [0.05, 0.1) is 0 Å². The summed E-state index contributed by atoms with van der Waals surface area (Å²) in [6, 6.07) is 24.9. The fraction of sp³-hybridized carbons (Fsp3) is 0.115. The molecule has 0 saturated carbocycles. The summed E-state index contributed by atoms with van der Waals surface area (Å²) in [6.07, 6.45) is 2.65. The number of hydrogen-bond acceptors (Lipinski definition) is 4. The monoisotopic (exact) mass is 424 g/mol. The molecule has 0 spiro atoms. The number of amides is 2. The van der Waals surface area contributed by atoms with Crippen LogP contribution in [0.3, 0.4) is 0 Å². The third kappa shape index (κ3) is 5.49. The van der Waals surface area contributed by atoms with Crippen LogP contribution in [0, 0.1) is 0 Å². The molecule has 0 aliphatic rings. The number of rotatable bonds is 7. The summed E-state index contributed by atoms with van der Waals surface area (Å²) in [5.74, 6) is 0.103. The van der Waals surface area contributed by atoms with E-state index in [0.717, 1.165) is 11.1 Å². The molecular formula is C26H24N4O2. The van der Waals surface area contributed by atoms with E-state index in [9.17, 15) is 9.59 Å². The van der Waals surface area contributed by atoms with Crippen molar-refractivity contribution < 1.29 is 9.59 Å². The van der Waals surface area contributed by atoms with Crippen LogP contribution in [0.1, 0.15) is 27.9 Å². The minimum absolute atomic E-state index is 0.00439. The van der Waals surface area contributed by atoms with Crippen molar-refractivity contribution in [3.05, 3.63) is 102 Å². The zero-order valence-corrected chi connectivity index (χ0v) is 17.5. The number of pyridine rings is 1. The van der Waals surface area contributed by atoms with E-state index in [4.69, 9.17) is 5.73 Å². The average Bonchev–Trinajstić information content (AvgIpc) is 2.81. The zero-order valence-electron chi connectivity index (χ0n) is 17.5. The highest BCUT2D eigenvalue weighted by Gasteiger charge is 2.08. The first kappa shape index (κ1) is 21.1. The van der Waals surface area contributed by atoms with Crippen molar-refractivity contribution in [1.82, 2.24) is 10.3 Å². The lowest BCUT2D eigenvalue weighted by molar-refractivity contribution is -0.121. The fourth-order valence-corrected chi connectivity index (χ4v) is 3.44. The molecule has 0 aliphatic heterocycles. The molecular weight excluding hydrogens is 400 g/mol. The number of carbonyl (C=O) groups excluding carboxylic acids is 2. The van der Waals surface area contributed by atoms with Crippen molar-refractivity contribution in [3.8, 4) is 0 Å². The maximum atomic E-state index is 12.4. The number of nitrogens with zero attached hydrogens (tertiary/aromatic N) is 1. The van der Waals surface area contributed by atoms with Gasteiger partial charge in [0.15, 0.2) is 0 Å². The quantitative estimate of drug-likeness (QED) is 0.412. The Labute approximate surface area is 186 Å². The van der Waals surface area contributed by atoms with Crippen molar-refractivity contribution in [2.75, 3.05) is 11.1 Å². The number of carbonyl (C=O) groups is 2. The van der Waals surface area contributed by atoms with Crippen LogP contribution in [0.5, 0.6) is 0 Å². The molecule has 0 atom stereocenters. The molecule has 6 heteroatoms. The number of anilines is 2. The molecule has 0 fully saturated rings. The number of aromatic nitrogens is 1. The van der Waals surface area contributed by atoms with E-state index in [1.807, 2.05) is 24.3 Å². The van der Waals surface area contributed by atoms with Gasteiger partial charge in [-0.2, -0.15) is 0 Å². The number of aryl methyl sites for hydroxylation is 1. The Bertz CT molecular complexity index is 1250. The van der Waals surface area contributed by atoms with Gasteiger partial charge in [0.2, 0.25) is 5.91 Å². The second kappa shape index (κ2) is 9.75. The van der Waals surface area contributed by atoms with Gasteiger partial charge >= 0.3 is 0 Å². The van der Waals surface area contributed by atoms with Crippen LogP contribution in [0.25, 0.3) is 10.8 Å². The Kier molecular flexibility index (Phi) is 6.41. The Hall–Kier alpha value is -4.19. The van der Waals surface area contributed by atoms with E-state index in [-0.39, 0.29) is 11.8 Å². The Balaban J connectivity index is 1.26. The normalized spacial score (nSPS) is 10.6. The molecule has 4 aromatic rings. The minimum Gasteiger partial charge on any atom is -0.384 e. The van der Waals surface area contributed by atoms with Gasteiger partial charge in [-0.25, -0.2) is 4.98 Å². The molecule has 1 aromatic heterocycles. The van der Waals surface area contributed by atoms with Gasteiger partial charge < -0.3 is 16.4 Å². The highest BCUT2D eigenvalue weighted by Crippen LogP contribution is 2.17. The lowest BCUT2D eigenvalue weighted by Gasteiger charge is -2.08. The maximum Gasteiger partial charge on any atom is 0.255 e. The summed E-state index contributed by atoms with van der Waals surface area (Å²) >= 11 is 0. The van der Waals surface area contributed by atoms with Crippen LogP contribution in [-0.4, -0.2) is 16.8 Å². The second-order valence-electron chi connectivity index (χ2n) is 7.58. The predicted octanol–water partition coefficient (Wildman–Crippen LogP) is 4.32. The fourth-order valence-electron chi connectivity index (χ4n) is 3.44. The first-order chi connectivity index (χ1) is 15.6. The summed E-state index contributed by atoms with van der Waals surface area (Å²) in [4.78, 5) is 28.5. The van der Waals surface area contributed by atoms with Gasteiger partial charge in [-0.3, -0.25) is 9.59 Å². The Morgan fingerprint density at radius 2 is 1.59 bits per heavy atom. The molecule has 32 heavy (non-hydrogen) atoms. The number of hydrogen-bond donors (Lipinski definition) is 3. The molecule has 0 unspecified atom stereocenters. The van der Waals surface area contributed by atoms with Crippen molar-refractivity contribution in [2.24, 2.45) is 0 Å². The molecule has 0 aliphatic carbocycles. The third-order valence-corrected chi connectivity index (χ3v) is 5.20. The van der Waals surface area contributed by atoms with Gasteiger partial charge in [-0.15, -0.1) is 0 Å². The van der Waals surface area contributed by atoms with E-state index in [1.54, 1.807) is 24.3 Å². The number of nitrogens with two attached hydrogens (primary N) is 1. The van der Waals surface area contributed by atoms with Gasteiger partial charge in [0.25, 0.3) is 5.91 Å². The largest absolute Gasteiger partial charge is 0.384 e. The lowest BCUT2D eigenvalue weighted by atomic mass is 10.0. The van der Waals surface area contributed by atoms with Gasteiger partial charge in [0.1, 0.15) is 5.82 Å².